The number of urea groups is 1. The highest BCUT2D eigenvalue weighted by Crippen LogP contribution is 2.38. The van der Waals surface area contributed by atoms with Crippen molar-refractivity contribution in [3.05, 3.63) is 53.6 Å². The first-order chi connectivity index (χ1) is 14.6. The summed E-state index contributed by atoms with van der Waals surface area (Å²) in [5.74, 6) is 2.90. The Bertz CT molecular complexity index is 866. The zero-order valence-electron chi connectivity index (χ0n) is 17.7. The number of ether oxygens (including phenoxy) is 3. The van der Waals surface area contributed by atoms with E-state index in [9.17, 15) is 4.79 Å². The maximum absolute atomic E-state index is 12.9. The molecule has 4 rings (SSSR count). The fraction of sp³-hybridized carbons (Fsp3) is 0.458. The summed E-state index contributed by atoms with van der Waals surface area (Å²) in [6.07, 6.45) is 1.95. The van der Waals surface area contributed by atoms with E-state index in [2.05, 4.69) is 19.2 Å². The fourth-order valence-electron chi connectivity index (χ4n) is 3.87. The van der Waals surface area contributed by atoms with Gasteiger partial charge in [-0.25, -0.2) is 4.79 Å². The Kier molecular flexibility index (Phi) is 6.31. The summed E-state index contributed by atoms with van der Waals surface area (Å²) in [4.78, 5) is 14.8. The van der Waals surface area contributed by atoms with Crippen LogP contribution in [-0.4, -0.2) is 37.3 Å². The van der Waals surface area contributed by atoms with Gasteiger partial charge in [-0.2, -0.15) is 0 Å². The predicted octanol–water partition coefficient (Wildman–Crippen LogP) is 4.54. The van der Waals surface area contributed by atoms with Crippen LogP contribution in [0.2, 0.25) is 0 Å². The molecule has 0 aromatic heterocycles. The summed E-state index contributed by atoms with van der Waals surface area (Å²) < 4.78 is 17.0. The van der Waals surface area contributed by atoms with E-state index in [1.165, 1.54) is 0 Å². The number of carbonyl (C=O) groups is 1. The lowest BCUT2D eigenvalue weighted by molar-refractivity contribution is 0.170. The molecule has 0 saturated carbocycles. The lowest BCUT2D eigenvalue weighted by Gasteiger charge is -2.27. The number of fused-ring (bicyclic) bond motifs is 1. The molecule has 6 nitrogen and oxygen atoms in total. The third kappa shape index (κ3) is 4.81. The standard InChI is InChI=1S/C24H30N2O4/c1-17(2)16-30-20-8-5-18(6-9-20)15-25-24(27)26-11-3-4-21(26)19-7-10-22-23(14-19)29-13-12-28-22/h5-10,14,17,21H,3-4,11-13,15-16H2,1-2H3,(H,25,27). The number of likely N-dealkylation sites (tertiary alicyclic amines) is 1. The molecule has 1 atom stereocenters. The highest BCUT2D eigenvalue weighted by molar-refractivity contribution is 5.75. The minimum Gasteiger partial charge on any atom is -0.493 e. The monoisotopic (exact) mass is 410 g/mol. The minimum atomic E-state index is -0.0347. The first kappa shape index (κ1) is 20.4. The van der Waals surface area contributed by atoms with Crippen LogP contribution in [0.15, 0.2) is 42.5 Å². The van der Waals surface area contributed by atoms with Crippen LogP contribution in [0.25, 0.3) is 0 Å². The second-order valence-electron chi connectivity index (χ2n) is 8.26. The second kappa shape index (κ2) is 9.28. The largest absolute Gasteiger partial charge is 0.493 e. The van der Waals surface area contributed by atoms with Crippen LogP contribution in [0.4, 0.5) is 4.79 Å². The summed E-state index contributed by atoms with van der Waals surface area (Å²) in [5, 5.41) is 3.06. The molecule has 2 heterocycles. The van der Waals surface area contributed by atoms with Crippen molar-refractivity contribution in [3.8, 4) is 17.2 Å². The van der Waals surface area contributed by atoms with Crippen LogP contribution in [0.5, 0.6) is 17.2 Å². The Morgan fingerprint density at radius 1 is 1.13 bits per heavy atom. The van der Waals surface area contributed by atoms with E-state index < -0.39 is 0 Å². The molecule has 30 heavy (non-hydrogen) atoms. The van der Waals surface area contributed by atoms with Crippen molar-refractivity contribution in [2.24, 2.45) is 5.92 Å². The maximum atomic E-state index is 12.9. The number of nitrogens with zero attached hydrogens (tertiary/aromatic N) is 1. The molecule has 2 aliphatic heterocycles. The van der Waals surface area contributed by atoms with Crippen LogP contribution in [0.3, 0.4) is 0 Å². The summed E-state index contributed by atoms with van der Waals surface area (Å²) in [5.41, 5.74) is 2.15. The number of amides is 2. The third-order valence-corrected chi connectivity index (χ3v) is 5.42. The Morgan fingerprint density at radius 2 is 1.90 bits per heavy atom. The van der Waals surface area contributed by atoms with Gasteiger partial charge in [0.25, 0.3) is 0 Å². The maximum Gasteiger partial charge on any atom is 0.318 e. The summed E-state index contributed by atoms with van der Waals surface area (Å²) in [6, 6.07) is 13.9. The molecular formula is C24H30N2O4. The number of nitrogens with one attached hydrogen (secondary N) is 1. The molecule has 2 aromatic carbocycles. The molecule has 1 unspecified atom stereocenters. The van der Waals surface area contributed by atoms with Gasteiger partial charge in [0.15, 0.2) is 11.5 Å². The quantitative estimate of drug-likeness (QED) is 0.760. The van der Waals surface area contributed by atoms with Crippen molar-refractivity contribution in [3.63, 3.8) is 0 Å². The van der Waals surface area contributed by atoms with Crippen molar-refractivity contribution < 1.29 is 19.0 Å². The Morgan fingerprint density at radius 3 is 2.67 bits per heavy atom. The van der Waals surface area contributed by atoms with Gasteiger partial charge in [-0.3, -0.25) is 0 Å². The lowest BCUT2D eigenvalue weighted by atomic mass is 10.0. The predicted molar refractivity (Wildman–Crippen MR) is 115 cm³/mol. The molecule has 2 aromatic rings. The van der Waals surface area contributed by atoms with E-state index in [0.29, 0.717) is 32.3 Å². The fourth-order valence-corrected chi connectivity index (χ4v) is 3.87. The average molecular weight is 411 g/mol. The number of benzene rings is 2. The highest BCUT2D eigenvalue weighted by atomic mass is 16.6. The molecule has 6 heteroatoms. The van der Waals surface area contributed by atoms with Crippen LogP contribution < -0.4 is 19.5 Å². The van der Waals surface area contributed by atoms with E-state index in [-0.39, 0.29) is 12.1 Å². The van der Waals surface area contributed by atoms with Crippen molar-refractivity contribution in [2.75, 3.05) is 26.4 Å². The molecule has 160 valence electrons. The van der Waals surface area contributed by atoms with Crippen molar-refractivity contribution in [1.29, 1.82) is 0 Å². The van der Waals surface area contributed by atoms with Gasteiger partial charge in [-0.15, -0.1) is 0 Å². The smallest absolute Gasteiger partial charge is 0.318 e. The number of hydrogen-bond donors (Lipinski definition) is 1. The molecule has 0 spiro atoms. The van der Waals surface area contributed by atoms with Crippen molar-refractivity contribution in [2.45, 2.75) is 39.3 Å². The van der Waals surface area contributed by atoms with E-state index in [1.807, 2.05) is 47.4 Å². The third-order valence-electron chi connectivity index (χ3n) is 5.42. The Labute approximate surface area is 178 Å². The molecule has 0 radical (unpaired) electrons. The molecule has 1 fully saturated rings. The highest BCUT2D eigenvalue weighted by Gasteiger charge is 2.30. The molecule has 2 aliphatic rings. The molecule has 0 bridgehead atoms. The van der Waals surface area contributed by atoms with Crippen LogP contribution in [0.1, 0.15) is 43.9 Å². The summed E-state index contributed by atoms with van der Waals surface area (Å²) in [7, 11) is 0. The molecule has 2 amide bonds. The van der Waals surface area contributed by atoms with Gasteiger partial charge < -0.3 is 24.4 Å². The van der Waals surface area contributed by atoms with Gasteiger partial charge in [0.05, 0.1) is 12.6 Å². The summed E-state index contributed by atoms with van der Waals surface area (Å²) >= 11 is 0. The zero-order chi connectivity index (χ0) is 20.9. The van der Waals surface area contributed by atoms with E-state index in [1.54, 1.807) is 0 Å². The van der Waals surface area contributed by atoms with Crippen LogP contribution in [0, 0.1) is 5.92 Å². The van der Waals surface area contributed by atoms with Crippen LogP contribution >= 0.6 is 0 Å². The van der Waals surface area contributed by atoms with Gasteiger partial charge in [-0.1, -0.05) is 32.0 Å². The van der Waals surface area contributed by atoms with Gasteiger partial charge in [0, 0.05) is 13.1 Å². The SMILES string of the molecule is CC(C)COc1ccc(CNC(=O)N2CCCC2c2ccc3c(c2)OCCO3)cc1. The average Bonchev–Trinajstić information content (AvgIpc) is 3.26. The second-order valence-corrected chi connectivity index (χ2v) is 8.26. The van der Waals surface area contributed by atoms with E-state index in [4.69, 9.17) is 14.2 Å². The molecular weight excluding hydrogens is 380 g/mol. The van der Waals surface area contributed by atoms with Crippen LogP contribution in [-0.2, 0) is 6.54 Å². The first-order valence-corrected chi connectivity index (χ1v) is 10.8. The van der Waals surface area contributed by atoms with Gasteiger partial charge in [0.2, 0.25) is 0 Å². The van der Waals surface area contributed by atoms with E-state index in [0.717, 1.165) is 47.8 Å². The topological polar surface area (TPSA) is 60.0 Å². The normalized spacial score (nSPS) is 17.8. The Hall–Kier alpha value is -2.89. The van der Waals surface area contributed by atoms with Gasteiger partial charge >= 0.3 is 6.03 Å². The number of carbonyl (C=O) groups excluding carboxylic acids is 1. The van der Waals surface area contributed by atoms with Crippen molar-refractivity contribution >= 4 is 6.03 Å². The number of rotatable bonds is 6. The summed E-state index contributed by atoms with van der Waals surface area (Å²) in [6.45, 7) is 7.34. The van der Waals surface area contributed by atoms with Crippen molar-refractivity contribution in [1.82, 2.24) is 10.2 Å². The van der Waals surface area contributed by atoms with E-state index >= 15 is 0 Å². The minimum absolute atomic E-state index is 0.0347. The first-order valence-electron chi connectivity index (χ1n) is 10.8. The number of hydrogen-bond acceptors (Lipinski definition) is 4. The van der Waals surface area contributed by atoms with Gasteiger partial charge in [0.1, 0.15) is 19.0 Å². The molecule has 1 N–H and O–H groups in total. The lowest BCUT2D eigenvalue weighted by Crippen LogP contribution is -2.39. The zero-order valence-corrected chi connectivity index (χ0v) is 17.7. The molecule has 0 aliphatic carbocycles. The molecule has 1 saturated heterocycles. The Balaban J connectivity index is 1.35. The van der Waals surface area contributed by atoms with Gasteiger partial charge in [-0.05, 0) is 54.2 Å².